The molecular formula is C14H28N2O3. The van der Waals surface area contributed by atoms with Gasteiger partial charge in [0.15, 0.2) is 0 Å². The van der Waals surface area contributed by atoms with Crippen LogP contribution in [-0.4, -0.2) is 54.0 Å². The molecule has 1 amide bonds. The van der Waals surface area contributed by atoms with Crippen LogP contribution in [-0.2, 0) is 4.74 Å². The molecule has 2 N–H and O–H groups in total. The van der Waals surface area contributed by atoms with Crippen molar-refractivity contribution >= 4 is 6.09 Å². The summed E-state index contributed by atoms with van der Waals surface area (Å²) >= 11 is 0. The maximum atomic E-state index is 11.7. The molecule has 1 heterocycles. The average molecular weight is 272 g/mol. The molecule has 1 atom stereocenters. The van der Waals surface area contributed by atoms with Crippen molar-refractivity contribution < 1.29 is 14.6 Å². The second-order valence-electron chi connectivity index (χ2n) is 6.51. The summed E-state index contributed by atoms with van der Waals surface area (Å²) in [5.41, 5.74) is -1.07. The van der Waals surface area contributed by atoms with Gasteiger partial charge >= 0.3 is 6.09 Å². The Morgan fingerprint density at radius 2 is 2.16 bits per heavy atom. The standard InChI is InChI=1S/C14H28N2O3/c1-13(2,3)19-12(17)16(4)10-6-8-14(18)7-5-9-15-11-14/h15,18H,5-11H2,1-4H3. The highest BCUT2D eigenvalue weighted by molar-refractivity contribution is 5.67. The molecule has 0 aliphatic carbocycles. The third kappa shape index (κ3) is 6.25. The van der Waals surface area contributed by atoms with Crippen LogP contribution in [0.1, 0.15) is 46.5 Å². The number of nitrogens with one attached hydrogen (secondary N) is 1. The van der Waals surface area contributed by atoms with E-state index in [0.717, 1.165) is 25.8 Å². The number of aliphatic hydroxyl groups is 1. The Bertz CT molecular complexity index is 294. The van der Waals surface area contributed by atoms with Crippen molar-refractivity contribution in [3.05, 3.63) is 0 Å². The maximum absolute atomic E-state index is 11.7. The summed E-state index contributed by atoms with van der Waals surface area (Å²) in [5, 5.41) is 13.5. The first-order chi connectivity index (χ1) is 8.72. The lowest BCUT2D eigenvalue weighted by Gasteiger charge is -2.33. The molecule has 1 aliphatic heterocycles. The van der Waals surface area contributed by atoms with Crippen molar-refractivity contribution in [1.82, 2.24) is 10.2 Å². The lowest BCUT2D eigenvalue weighted by Crippen LogP contribution is -2.46. The molecule has 112 valence electrons. The molecule has 5 heteroatoms. The van der Waals surface area contributed by atoms with E-state index in [-0.39, 0.29) is 6.09 Å². The molecule has 0 saturated carbocycles. The van der Waals surface area contributed by atoms with E-state index in [2.05, 4.69) is 5.32 Å². The van der Waals surface area contributed by atoms with Crippen LogP contribution in [0.5, 0.6) is 0 Å². The third-order valence-electron chi connectivity index (χ3n) is 3.29. The van der Waals surface area contributed by atoms with Crippen LogP contribution < -0.4 is 5.32 Å². The number of rotatable bonds is 4. The molecule has 0 aromatic heterocycles. The van der Waals surface area contributed by atoms with Gasteiger partial charge in [-0.05, 0) is 53.0 Å². The Morgan fingerprint density at radius 3 is 2.68 bits per heavy atom. The minimum absolute atomic E-state index is 0.304. The summed E-state index contributed by atoms with van der Waals surface area (Å²) in [7, 11) is 1.73. The van der Waals surface area contributed by atoms with E-state index in [0.29, 0.717) is 19.5 Å². The van der Waals surface area contributed by atoms with E-state index in [1.807, 2.05) is 20.8 Å². The average Bonchev–Trinajstić information content (AvgIpc) is 2.27. The van der Waals surface area contributed by atoms with Crippen LogP contribution >= 0.6 is 0 Å². The summed E-state index contributed by atoms with van der Waals surface area (Å²) in [4.78, 5) is 13.3. The van der Waals surface area contributed by atoms with Gasteiger partial charge in [-0.3, -0.25) is 0 Å². The number of hydrogen-bond donors (Lipinski definition) is 2. The molecule has 19 heavy (non-hydrogen) atoms. The molecule has 0 spiro atoms. The minimum Gasteiger partial charge on any atom is -0.444 e. The van der Waals surface area contributed by atoms with Gasteiger partial charge in [0, 0.05) is 20.1 Å². The van der Waals surface area contributed by atoms with Crippen molar-refractivity contribution in [2.24, 2.45) is 0 Å². The highest BCUT2D eigenvalue weighted by atomic mass is 16.6. The van der Waals surface area contributed by atoms with Gasteiger partial charge in [-0.1, -0.05) is 0 Å². The molecule has 1 fully saturated rings. The normalized spacial score (nSPS) is 24.1. The van der Waals surface area contributed by atoms with Crippen LogP contribution in [0, 0.1) is 0 Å². The topological polar surface area (TPSA) is 61.8 Å². The molecule has 1 aliphatic rings. The van der Waals surface area contributed by atoms with Gasteiger partial charge in [0.2, 0.25) is 0 Å². The van der Waals surface area contributed by atoms with Crippen molar-refractivity contribution in [2.75, 3.05) is 26.7 Å². The zero-order chi connectivity index (χ0) is 14.5. The van der Waals surface area contributed by atoms with E-state index in [1.54, 1.807) is 11.9 Å². The summed E-state index contributed by atoms with van der Waals surface area (Å²) in [6.45, 7) is 7.82. The Balaban J connectivity index is 2.26. The first kappa shape index (κ1) is 16.2. The van der Waals surface area contributed by atoms with Gasteiger partial charge in [-0.2, -0.15) is 0 Å². The van der Waals surface area contributed by atoms with Gasteiger partial charge in [-0.15, -0.1) is 0 Å². The number of nitrogens with zero attached hydrogens (tertiary/aromatic N) is 1. The van der Waals surface area contributed by atoms with Crippen LogP contribution in [0.2, 0.25) is 0 Å². The second kappa shape index (κ2) is 6.57. The Morgan fingerprint density at radius 1 is 1.47 bits per heavy atom. The fourth-order valence-corrected chi connectivity index (χ4v) is 2.24. The van der Waals surface area contributed by atoms with Gasteiger partial charge in [-0.25, -0.2) is 4.79 Å². The van der Waals surface area contributed by atoms with Gasteiger partial charge in [0.25, 0.3) is 0 Å². The third-order valence-corrected chi connectivity index (χ3v) is 3.29. The van der Waals surface area contributed by atoms with Gasteiger partial charge in [0.1, 0.15) is 5.60 Å². The fraction of sp³-hybridized carbons (Fsp3) is 0.929. The molecular weight excluding hydrogens is 244 g/mol. The SMILES string of the molecule is CN(CCCC1(O)CCCNC1)C(=O)OC(C)(C)C. The number of carbonyl (C=O) groups is 1. The number of carbonyl (C=O) groups excluding carboxylic acids is 1. The molecule has 1 unspecified atom stereocenters. The van der Waals surface area contributed by atoms with Gasteiger partial charge < -0.3 is 20.1 Å². The van der Waals surface area contributed by atoms with Crippen LogP contribution in [0.4, 0.5) is 4.79 Å². The maximum Gasteiger partial charge on any atom is 0.410 e. The summed E-state index contributed by atoms with van der Waals surface area (Å²) in [6.07, 6.45) is 3.05. The Labute approximate surface area is 116 Å². The Kier molecular flexibility index (Phi) is 5.62. The first-order valence-corrected chi connectivity index (χ1v) is 7.09. The van der Waals surface area contributed by atoms with Crippen molar-refractivity contribution in [3.8, 4) is 0 Å². The monoisotopic (exact) mass is 272 g/mol. The van der Waals surface area contributed by atoms with E-state index in [1.165, 1.54) is 0 Å². The van der Waals surface area contributed by atoms with Crippen LogP contribution in [0.25, 0.3) is 0 Å². The van der Waals surface area contributed by atoms with E-state index in [9.17, 15) is 9.90 Å². The minimum atomic E-state index is -0.604. The molecule has 1 rings (SSSR count). The number of amides is 1. The first-order valence-electron chi connectivity index (χ1n) is 7.09. The largest absolute Gasteiger partial charge is 0.444 e. The lowest BCUT2D eigenvalue weighted by atomic mass is 9.89. The zero-order valence-electron chi connectivity index (χ0n) is 12.7. The highest BCUT2D eigenvalue weighted by Gasteiger charge is 2.28. The summed E-state index contributed by atoms with van der Waals surface area (Å²) < 4.78 is 5.28. The number of hydrogen-bond acceptors (Lipinski definition) is 4. The molecule has 0 aromatic rings. The molecule has 1 saturated heterocycles. The van der Waals surface area contributed by atoms with Crippen molar-refractivity contribution in [1.29, 1.82) is 0 Å². The van der Waals surface area contributed by atoms with Gasteiger partial charge in [0.05, 0.1) is 5.60 Å². The highest BCUT2D eigenvalue weighted by Crippen LogP contribution is 2.21. The van der Waals surface area contributed by atoms with E-state index < -0.39 is 11.2 Å². The van der Waals surface area contributed by atoms with Crippen LogP contribution in [0.3, 0.4) is 0 Å². The quantitative estimate of drug-likeness (QED) is 0.818. The van der Waals surface area contributed by atoms with Crippen LogP contribution in [0.15, 0.2) is 0 Å². The van der Waals surface area contributed by atoms with Crippen molar-refractivity contribution in [3.63, 3.8) is 0 Å². The Hall–Kier alpha value is -0.810. The van der Waals surface area contributed by atoms with E-state index in [4.69, 9.17) is 4.74 Å². The number of β-amino-alcohol motifs (C(OH)–C–C–N with tert-alkyl or cyclic N) is 1. The lowest BCUT2D eigenvalue weighted by molar-refractivity contribution is 0.00202. The predicted octanol–water partition coefficient (Wildman–Crippen LogP) is 1.75. The molecule has 0 aromatic carbocycles. The predicted molar refractivity (Wildman–Crippen MR) is 75.2 cm³/mol. The zero-order valence-corrected chi connectivity index (χ0v) is 12.7. The van der Waals surface area contributed by atoms with E-state index >= 15 is 0 Å². The molecule has 5 nitrogen and oxygen atoms in total. The summed E-state index contributed by atoms with van der Waals surface area (Å²) in [6, 6.07) is 0. The summed E-state index contributed by atoms with van der Waals surface area (Å²) in [5.74, 6) is 0. The smallest absolute Gasteiger partial charge is 0.410 e. The fourth-order valence-electron chi connectivity index (χ4n) is 2.24. The van der Waals surface area contributed by atoms with Crippen molar-refractivity contribution in [2.45, 2.75) is 57.7 Å². The molecule has 0 bridgehead atoms. The molecule has 0 radical (unpaired) electrons. The second-order valence-corrected chi connectivity index (χ2v) is 6.51. The number of ether oxygens (including phenoxy) is 1. The number of piperidine rings is 1.